The second-order valence-corrected chi connectivity index (χ2v) is 6.87. The Bertz CT molecular complexity index is 931. The fourth-order valence-corrected chi connectivity index (χ4v) is 3.40. The molecule has 3 aromatic rings. The molecule has 0 saturated carbocycles. The predicted octanol–water partition coefficient (Wildman–Crippen LogP) is 1.53. The van der Waals surface area contributed by atoms with Crippen molar-refractivity contribution in [3.63, 3.8) is 0 Å². The molecular weight excluding hydrogens is 342 g/mol. The molecule has 4 rings (SSSR count). The Balaban J connectivity index is 1.66. The molecule has 0 aliphatic carbocycles. The first-order valence-corrected chi connectivity index (χ1v) is 9.26. The molecule has 8 heteroatoms. The molecular formula is C19H25N7O. The van der Waals surface area contributed by atoms with Crippen molar-refractivity contribution in [3.8, 4) is 0 Å². The Kier molecular flexibility index (Phi) is 4.91. The molecule has 3 heterocycles. The maximum absolute atomic E-state index is 9.13. The Labute approximate surface area is 158 Å². The number of aryl methyl sites for hydroxylation is 2. The molecule has 1 aromatic carbocycles. The Morgan fingerprint density at radius 1 is 1.11 bits per heavy atom. The third-order valence-electron chi connectivity index (χ3n) is 5.05. The molecule has 0 atom stereocenters. The third-order valence-corrected chi connectivity index (χ3v) is 5.05. The lowest BCUT2D eigenvalue weighted by Crippen LogP contribution is -2.47. The summed E-state index contributed by atoms with van der Waals surface area (Å²) in [4.78, 5) is 14.0. The fraction of sp³-hybridized carbons (Fsp3) is 0.421. The smallest absolute Gasteiger partial charge is 0.229 e. The van der Waals surface area contributed by atoms with E-state index in [-0.39, 0.29) is 6.61 Å². The van der Waals surface area contributed by atoms with Crippen LogP contribution in [-0.2, 0) is 7.05 Å². The number of nitrogens with zero attached hydrogens (tertiary/aromatic N) is 6. The molecule has 1 saturated heterocycles. The number of para-hydroxylation sites is 1. The number of aliphatic hydroxyl groups excluding tert-OH is 1. The highest BCUT2D eigenvalue weighted by Gasteiger charge is 2.21. The minimum Gasteiger partial charge on any atom is -0.395 e. The van der Waals surface area contributed by atoms with E-state index in [0.717, 1.165) is 60.8 Å². The molecule has 0 radical (unpaired) electrons. The molecule has 0 spiro atoms. The molecule has 8 nitrogen and oxygen atoms in total. The highest BCUT2D eigenvalue weighted by Crippen LogP contribution is 2.27. The zero-order chi connectivity index (χ0) is 18.8. The van der Waals surface area contributed by atoms with E-state index in [2.05, 4.69) is 33.2 Å². The summed E-state index contributed by atoms with van der Waals surface area (Å²) in [5.74, 6) is 1.49. The third kappa shape index (κ3) is 3.58. The number of hydrogen-bond donors (Lipinski definition) is 2. The van der Waals surface area contributed by atoms with Gasteiger partial charge < -0.3 is 15.3 Å². The van der Waals surface area contributed by atoms with Crippen molar-refractivity contribution in [2.45, 2.75) is 6.92 Å². The summed E-state index contributed by atoms with van der Waals surface area (Å²) in [6, 6.07) is 8.16. The van der Waals surface area contributed by atoms with Crippen LogP contribution < -0.4 is 10.2 Å². The lowest BCUT2D eigenvalue weighted by Gasteiger charge is -2.34. The van der Waals surface area contributed by atoms with Gasteiger partial charge in [0.1, 0.15) is 5.82 Å². The minimum absolute atomic E-state index is 0.196. The van der Waals surface area contributed by atoms with Gasteiger partial charge in [-0.05, 0) is 18.6 Å². The van der Waals surface area contributed by atoms with E-state index < -0.39 is 0 Å². The number of benzene rings is 1. The summed E-state index contributed by atoms with van der Waals surface area (Å²) in [6.07, 6.45) is 1.80. The van der Waals surface area contributed by atoms with Crippen LogP contribution in [0.2, 0.25) is 0 Å². The van der Waals surface area contributed by atoms with Crippen LogP contribution in [0.4, 0.5) is 17.5 Å². The molecule has 142 valence electrons. The lowest BCUT2D eigenvalue weighted by molar-refractivity contribution is 0.188. The van der Waals surface area contributed by atoms with Gasteiger partial charge in [-0.2, -0.15) is 15.1 Å². The van der Waals surface area contributed by atoms with E-state index in [4.69, 9.17) is 15.1 Å². The van der Waals surface area contributed by atoms with Gasteiger partial charge in [0, 0.05) is 45.5 Å². The highest BCUT2D eigenvalue weighted by atomic mass is 16.3. The molecule has 0 bridgehead atoms. The lowest BCUT2D eigenvalue weighted by atomic mass is 10.2. The number of anilines is 3. The molecule has 2 N–H and O–H groups in total. The number of aliphatic hydroxyl groups is 1. The van der Waals surface area contributed by atoms with E-state index in [1.54, 1.807) is 10.9 Å². The summed E-state index contributed by atoms with van der Waals surface area (Å²) in [6.45, 7) is 6.46. The summed E-state index contributed by atoms with van der Waals surface area (Å²) < 4.78 is 1.78. The number of piperazine rings is 1. The summed E-state index contributed by atoms with van der Waals surface area (Å²) >= 11 is 0. The van der Waals surface area contributed by atoms with Crippen LogP contribution in [0.1, 0.15) is 5.56 Å². The van der Waals surface area contributed by atoms with E-state index in [0.29, 0.717) is 5.95 Å². The number of aromatic nitrogens is 4. The van der Waals surface area contributed by atoms with Gasteiger partial charge in [-0.25, -0.2) is 0 Å². The van der Waals surface area contributed by atoms with Gasteiger partial charge in [0.05, 0.1) is 18.2 Å². The molecule has 1 aliphatic rings. The molecule has 1 aliphatic heterocycles. The van der Waals surface area contributed by atoms with Crippen molar-refractivity contribution in [1.29, 1.82) is 0 Å². The van der Waals surface area contributed by atoms with Crippen molar-refractivity contribution >= 4 is 28.5 Å². The second-order valence-electron chi connectivity index (χ2n) is 6.87. The summed E-state index contributed by atoms with van der Waals surface area (Å²) in [5.41, 5.74) is 3.00. The van der Waals surface area contributed by atoms with Gasteiger partial charge in [0.25, 0.3) is 0 Å². The van der Waals surface area contributed by atoms with Crippen LogP contribution in [0.5, 0.6) is 0 Å². The van der Waals surface area contributed by atoms with Gasteiger partial charge in [-0.15, -0.1) is 0 Å². The number of nitrogens with one attached hydrogen (secondary N) is 1. The van der Waals surface area contributed by atoms with E-state index >= 15 is 0 Å². The second kappa shape index (κ2) is 7.50. The van der Waals surface area contributed by atoms with Gasteiger partial charge >= 0.3 is 0 Å². The molecule has 0 amide bonds. The van der Waals surface area contributed by atoms with Crippen LogP contribution in [0, 0.1) is 6.92 Å². The number of rotatable bonds is 5. The van der Waals surface area contributed by atoms with Crippen molar-refractivity contribution in [2.24, 2.45) is 7.05 Å². The van der Waals surface area contributed by atoms with Crippen molar-refractivity contribution in [2.75, 3.05) is 49.5 Å². The maximum atomic E-state index is 9.13. The maximum Gasteiger partial charge on any atom is 0.229 e. The largest absolute Gasteiger partial charge is 0.395 e. The van der Waals surface area contributed by atoms with E-state index in [1.165, 1.54) is 0 Å². The van der Waals surface area contributed by atoms with Crippen LogP contribution in [0.3, 0.4) is 0 Å². The van der Waals surface area contributed by atoms with Crippen molar-refractivity contribution < 1.29 is 5.11 Å². The first-order chi connectivity index (χ1) is 13.2. The average Bonchev–Trinajstić information content (AvgIpc) is 3.06. The van der Waals surface area contributed by atoms with Crippen LogP contribution >= 0.6 is 0 Å². The summed E-state index contributed by atoms with van der Waals surface area (Å²) in [7, 11) is 1.90. The molecule has 1 fully saturated rings. The minimum atomic E-state index is 0.196. The zero-order valence-corrected chi connectivity index (χ0v) is 15.8. The zero-order valence-electron chi connectivity index (χ0n) is 15.8. The molecule has 27 heavy (non-hydrogen) atoms. The Morgan fingerprint density at radius 3 is 2.63 bits per heavy atom. The molecule has 2 aromatic heterocycles. The summed E-state index contributed by atoms with van der Waals surface area (Å²) in [5, 5.41) is 17.9. The predicted molar refractivity (Wildman–Crippen MR) is 107 cm³/mol. The van der Waals surface area contributed by atoms with Gasteiger partial charge in [-0.3, -0.25) is 9.58 Å². The monoisotopic (exact) mass is 367 g/mol. The fourth-order valence-electron chi connectivity index (χ4n) is 3.40. The molecule has 0 unspecified atom stereocenters. The van der Waals surface area contributed by atoms with Crippen molar-refractivity contribution in [3.05, 3.63) is 36.0 Å². The number of fused-ring (bicyclic) bond motifs is 1. The van der Waals surface area contributed by atoms with Gasteiger partial charge in [0.2, 0.25) is 5.95 Å². The topological polar surface area (TPSA) is 82.3 Å². The standard InChI is InChI=1S/C19H25N7O/c1-14-5-3-4-6-16(14)21-17-15-13-20-24(2)18(15)23-19(22-17)26-9-7-25(8-10-26)11-12-27/h3-6,13,27H,7-12H2,1-2H3,(H,21,22,23). The quantitative estimate of drug-likeness (QED) is 0.708. The van der Waals surface area contributed by atoms with Crippen LogP contribution in [-0.4, -0.2) is 69.1 Å². The average molecular weight is 367 g/mol. The Hall–Kier alpha value is -2.71. The van der Waals surface area contributed by atoms with Crippen LogP contribution in [0.25, 0.3) is 11.0 Å². The van der Waals surface area contributed by atoms with Gasteiger partial charge in [-0.1, -0.05) is 18.2 Å². The van der Waals surface area contributed by atoms with E-state index in [9.17, 15) is 0 Å². The Morgan fingerprint density at radius 2 is 1.89 bits per heavy atom. The normalized spacial score (nSPS) is 15.4. The number of hydrogen-bond acceptors (Lipinski definition) is 7. The first kappa shape index (κ1) is 17.7. The first-order valence-electron chi connectivity index (χ1n) is 9.26. The highest BCUT2D eigenvalue weighted by molar-refractivity contribution is 5.89. The SMILES string of the molecule is Cc1ccccc1Nc1nc(N2CCN(CCO)CC2)nc2c1cnn2C. The van der Waals surface area contributed by atoms with E-state index in [1.807, 2.05) is 25.2 Å². The van der Waals surface area contributed by atoms with Crippen LogP contribution in [0.15, 0.2) is 30.5 Å². The van der Waals surface area contributed by atoms with Gasteiger partial charge in [0.15, 0.2) is 5.65 Å². The number of β-amino-alcohol motifs (C(OH)–C–C–N with tert-alkyl or cyclic N) is 1. The van der Waals surface area contributed by atoms with Crippen molar-refractivity contribution in [1.82, 2.24) is 24.6 Å².